The van der Waals surface area contributed by atoms with Crippen LogP contribution in [-0.2, 0) is 9.53 Å². The highest BCUT2D eigenvalue weighted by Gasteiger charge is 3.11. The van der Waals surface area contributed by atoms with E-state index in [4.69, 9.17) is 10.5 Å². The van der Waals surface area contributed by atoms with Gasteiger partial charge in [-0.15, -0.1) is 0 Å². The molecule has 2 N–H and O–H groups in total. The first-order valence-electron chi connectivity index (χ1n) is 5.09. The molecule has 0 radical (unpaired) electrons. The van der Waals surface area contributed by atoms with Gasteiger partial charge in [0, 0.05) is 5.54 Å². The Hall–Kier alpha value is -0.570. The van der Waals surface area contributed by atoms with E-state index in [1.807, 2.05) is 0 Å². The maximum absolute atomic E-state index is 11.7. The van der Waals surface area contributed by atoms with Gasteiger partial charge in [0.1, 0.15) is 0 Å². The Morgan fingerprint density at radius 2 is 1.92 bits per heavy atom. The Labute approximate surface area is 75.6 Å². The van der Waals surface area contributed by atoms with Crippen LogP contribution in [0.4, 0.5) is 0 Å². The SMILES string of the molecule is COC(=O)C12C3[C@@H]4C5[C@H]3[C@H]1C5(N)[C@@H]42. The van der Waals surface area contributed by atoms with Gasteiger partial charge in [0.25, 0.3) is 0 Å². The molecule has 6 rings (SSSR count). The number of nitrogens with two attached hydrogens (primary N) is 1. The first kappa shape index (κ1) is 6.02. The smallest absolute Gasteiger partial charge is 0.312 e. The normalized spacial score (nSPS) is 82.0. The zero-order valence-corrected chi connectivity index (χ0v) is 7.36. The van der Waals surface area contributed by atoms with E-state index in [9.17, 15) is 4.79 Å². The van der Waals surface area contributed by atoms with Crippen LogP contribution in [0.25, 0.3) is 0 Å². The molecule has 3 heteroatoms. The van der Waals surface area contributed by atoms with Crippen LogP contribution in [0.1, 0.15) is 0 Å². The molecule has 0 aliphatic heterocycles. The molecule has 6 saturated carbocycles. The van der Waals surface area contributed by atoms with E-state index >= 15 is 0 Å². The largest absolute Gasteiger partial charge is 0.469 e. The third-order valence-corrected chi connectivity index (χ3v) is 6.20. The molecule has 0 amide bonds. The molecule has 3 nitrogen and oxygen atoms in total. The third-order valence-electron chi connectivity index (χ3n) is 6.20. The van der Waals surface area contributed by atoms with Crippen molar-refractivity contribution in [1.82, 2.24) is 0 Å². The summed E-state index contributed by atoms with van der Waals surface area (Å²) in [6.07, 6.45) is 0. The summed E-state index contributed by atoms with van der Waals surface area (Å²) in [7, 11) is 1.51. The predicted octanol–water partition coefficient (Wildman–Crippen LogP) is -0.392. The van der Waals surface area contributed by atoms with Crippen LogP contribution in [-0.4, -0.2) is 18.6 Å². The van der Waals surface area contributed by atoms with Gasteiger partial charge in [-0.25, -0.2) is 0 Å². The highest BCUT2D eigenvalue weighted by atomic mass is 16.5. The summed E-state index contributed by atoms with van der Waals surface area (Å²) in [5.74, 6) is 4.27. The lowest BCUT2D eigenvalue weighted by Gasteiger charge is -3.09. The van der Waals surface area contributed by atoms with Crippen molar-refractivity contribution in [3.63, 3.8) is 0 Å². The van der Waals surface area contributed by atoms with E-state index in [2.05, 4.69) is 0 Å². The standard InChI is InChI=1S/C10H11NO2/c1-13-8(12)9-4-2-5-3(4)7(9)10(5,11)6(2)9/h2-7H,11H2,1H3/t2-,3+,4?,5?,6+,7-,9?,10?. The maximum atomic E-state index is 11.7. The summed E-state index contributed by atoms with van der Waals surface area (Å²) in [6.45, 7) is 0. The van der Waals surface area contributed by atoms with Gasteiger partial charge in [0.2, 0.25) is 0 Å². The molecular weight excluding hydrogens is 166 g/mol. The van der Waals surface area contributed by atoms with Crippen LogP contribution in [0.5, 0.6) is 0 Å². The molecule has 0 heterocycles. The average molecular weight is 177 g/mol. The van der Waals surface area contributed by atoms with E-state index in [1.165, 1.54) is 7.11 Å². The molecule has 6 aliphatic rings. The minimum absolute atomic E-state index is 0.0409. The van der Waals surface area contributed by atoms with Crippen molar-refractivity contribution in [2.45, 2.75) is 5.54 Å². The van der Waals surface area contributed by atoms with E-state index in [0.717, 1.165) is 17.8 Å². The quantitative estimate of drug-likeness (QED) is 0.555. The summed E-state index contributed by atoms with van der Waals surface area (Å²) < 4.78 is 4.91. The van der Waals surface area contributed by atoms with Crippen LogP contribution >= 0.6 is 0 Å². The maximum Gasteiger partial charge on any atom is 0.312 e. The third kappa shape index (κ3) is 0.224. The number of ether oxygens (including phenoxy) is 1. The lowest BCUT2D eigenvalue weighted by molar-refractivity contribution is -0.604. The fourth-order valence-electron chi connectivity index (χ4n) is 6.29. The first-order chi connectivity index (χ1) is 6.21. The molecule has 6 aliphatic carbocycles. The number of esters is 1. The lowest BCUT2D eigenvalue weighted by atomic mass is 8.94. The molecule has 0 saturated heterocycles. The number of methoxy groups -OCH3 is 1. The first-order valence-corrected chi connectivity index (χ1v) is 5.09. The van der Waals surface area contributed by atoms with Gasteiger partial charge in [-0.1, -0.05) is 0 Å². The van der Waals surface area contributed by atoms with Gasteiger partial charge in [-0.3, -0.25) is 4.79 Å². The van der Waals surface area contributed by atoms with Gasteiger partial charge >= 0.3 is 5.97 Å². The minimum atomic E-state index is -0.0480. The summed E-state index contributed by atoms with van der Waals surface area (Å²) in [5, 5.41) is 0. The van der Waals surface area contributed by atoms with Gasteiger partial charge in [-0.05, 0) is 35.5 Å². The van der Waals surface area contributed by atoms with Crippen molar-refractivity contribution < 1.29 is 9.53 Å². The van der Waals surface area contributed by atoms with Crippen molar-refractivity contribution in [2.75, 3.05) is 7.11 Å². The molecule has 0 aromatic heterocycles. The number of hydrogen-bond donors (Lipinski definition) is 1. The molecule has 0 aromatic rings. The average Bonchev–Trinajstić information content (AvgIpc) is 2.15. The summed E-state index contributed by atoms with van der Waals surface area (Å²) in [5.41, 5.74) is 6.31. The summed E-state index contributed by atoms with van der Waals surface area (Å²) >= 11 is 0. The molecule has 6 fully saturated rings. The highest BCUT2D eigenvalue weighted by Crippen LogP contribution is 3.06. The fourth-order valence-corrected chi connectivity index (χ4v) is 6.29. The second-order valence-electron chi connectivity index (χ2n) is 5.59. The van der Waals surface area contributed by atoms with Gasteiger partial charge < -0.3 is 10.5 Å². The number of hydrogen-bond acceptors (Lipinski definition) is 3. The van der Waals surface area contributed by atoms with Crippen molar-refractivity contribution in [3.8, 4) is 0 Å². The summed E-state index contributed by atoms with van der Waals surface area (Å²) in [4.78, 5) is 11.7. The molecule has 0 aromatic carbocycles. The zero-order valence-electron chi connectivity index (χ0n) is 7.36. The van der Waals surface area contributed by atoms with Crippen molar-refractivity contribution in [3.05, 3.63) is 0 Å². The van der Waals surface area contributed by atoms with Crippen molar-refractivity contribution in [2.24, 2.45) is 46.7 Å². The fraction of sp³-hybridized carbons (Fsp3) is 0.900. The Balaban J connectivity index is 1.68. The number of rotatable bonds is 1. The number of carbonyl (C=O) groups excluding carboxylic acids is 1. The monoisotopic (exact) mass is 177 g/mol. The van der Waals surface area contributed by atoms with Crippen LogP contribution in [0.15, 0.2) is 0 Å². The Morgan fingerprint density at radius 1 is 1.31 bits per heavy atom. The highest BCUT2D eigenvalue weighted by molar-refractivity contribution is 5.89. The van der Waals surface area contributed by atoms with E-state index in [0.29, 0.717) is 17.8 Å². The van der Waals surface area contributed by atoms with Crippen LogP contribution < -0.4 is 5.73 Å². The van der Waals surface area contributed by atoms with Crippen molar-refractivity contribution in [1.29, 1.82) is 0 Å². The molecular formula is C10H11NO2. The van der Waals surface area contributed by atoms with Crippen LogP contribution in [0.3, 0.4) is 0 Å². The van der Waals surface area contributed by atoms with E-state index < -0.39 is 0 Å². The second kappa shape index (κ2) is 1.11. The molecule has 13 heavy (non-hydrogen) atoms. The molecule has 4 unspecified atom stereocenters. The van der Waals surface area contributed by atoms with Crippen LogP contribution in [0, 0.1) is 40.9 Å². The van der Waals surface area contributed by atoms with Gasteiger partial charge in [0.05, 0.1) is 12.5 Å². The van der Waals surface area contributed by atoms with Gasteiger partial charge in [-0.2, -0.15) is 0 Å². The van der Waals surface area contributed by atoms with Gasteiger partial charge in [0.15, 0.2) is 0 Å². The Kier molecular flexibility index (Phi) is 0.515. The van der Waals surface area contributed by atoms with Crippen LogP contribution in [0.2, 0.25) is 0 Å². The second-order valence-corrected chi connectivity index (χ2v) is 5.59. The molecule has 0 bridgehead atoms. The number of carbonyl (C=O) groups is 1. The Bertz CT molecular complexity index is 370. The topological polar surface area (TPSA) is 52.3 Å². The Morgan fingerprint density at radius 3 is 2.38 bits per heavy atom. The predicted molar refractivity (Wildman–Crippen MR) is 42.3 cm³/mol. The van der Waals surface area contributed by atoms with E-state index in [1.54, 1.807) is 0 Å². The molecule has 68 valence electrons. The molecule has 8 atom stereocenters. The zero-order chi connectivity index (χ0) is 8.75. The lowest BCUT2D eigenvalue weighted by Crippen LogP contribution is -3.16. The van der Waals surface area contributed by atoms with E-state index in [-0.39, 0.29) is 16.9 Å². The van der Waals surface area contributed by atoms with Crippen molar-refractivity contribution >= 4 is 5.97 Å². The molecule has 0 spiro atoms. The summed E-state index contributed by atoms with van der Waals surface area (Å²) in [6, 6.07) is 0. The minimum Gasteiger partial charge on any atom is -0.469 e.